The lowest BCUT2D eigenvalue weighted by molar-refractivity contribution is 0.190. The Morgan fingerprint density at radius 2 is 1.77 bits per heavy atom. The van der Waals surface area contributed by atoms with Crippen LogP contribution in [0.5, 0.6) is 11.6 Å². The van der Waals surface area contributed by atoms with E-state index < -0.39 is 23.0 Å². The molecule has 0 saturated heterocycles. The molecule has 0 fully saturated rings. The summed E-state index contributed by atoms with van der Waals surface area (Å²) in [7, 11) is 0. The van der Waals surface area contributed by atoms with E-state index >= 15 is 0 Å². The Bertz CT molecular complexity index is 1300. The van der Waals surface area contributed by atoms with Crippen LogP contribution in [0.3, 0.4) is 0 Å². The van der Waals surface area contributed by atoms with Crippen molar-refractivity contribution in [3.63, 3.8) is 0 Å². The first-order valence-corrected chi connectivity index (χ1v) is 9.08. The second-order valence-electron chi connectivity index (χ2n) is 6.32. The lowest BCUT2D eigenvalue weighted by atomic mass is 10.1. The third-order valence-corrected chi connectivity index (χ3v) is 4.48. The molecule has 0 atom stereocenters. The van der Waals surface area contributed by atoms with E-state index in [1.165, 1.54) is 18.2 Å². The maximum Gasteiger partial charge on any atom is 0.436 e. The molecule has 0 aliphatic heterocycles. The van der Waals surface area contributed by atoms with Gasteiger partial charge >= 0.3 is 11.8 Å². The van der Waals surface area contributed by atoms with Crippen molar-refractivity contribution >= 4 is 29.3 Å². The molecule has 30 heavy (non-hydrogen) atoms. The average molecular weight is 454 g/mol. The number of halogens is 2. The fourth-order valence-electron chi connectivity index (χ4n) is 2.50. The van der Waals surface area contributed by atoms with Crippen LogP contribution in [0.15, 0.2) is 32.6 Å². The maximum absolute atomic E-state index is 12.1. The normalized spacial score (nSPS) is 11.0. The summed E-state index contributed by atoms with van der Waals surface area (Å²) in [6, 6.07) is 3.96. The third-order valence-electron chi connectivity index (χ3n) is 3.92. The lowest BCUT2D eigenvalue weighted by Gasteiger charge is -2.12. The summed E-state index contributed by atoms with van der Waals surface area (Å²) in [5.41, 5.74) is -2.40. The van der Waals surface area contributed by atoms with Gasteiger partial charge in [-0.3, -0.25) is 14.6 Å². The molecule has 2 heterocycles. The van der Waals surface area contributed by atoms with Gasteiger partial charge in [0.15, 0.2) is 11.4 Å². The zero-order valence-electron chi connectivity index (χ0n) is 15.4. The predicted molar refractivity (Wildman–Crippen MR) is 107 cm³/mol. The van der Waals surface area contributed by atoms with Gasteiger partial charge in [0.1, 0.15) is 0 Å². The Kier molecular flexibility index (Phi) is 5.76. The van der Waals surface area contributed by atoms with E-state index in [4.69, 9.17) is 33.0 Å². The number of nitrogens with zero attached hydrogens (tertiary/aromatic N) is 3. The van der Waals surface area contributed by atoms with E-state index in [0.29, 0.717) is 5.56 Å². The van der Waals surface area contributed by atoms with Gasteiger partial charge in [0.2, 0.25) is 5.88 Å². The standard InChI is InChI=1S/C17H13Cl2N5O6/c1-6(2)8-5-11(21-22-14(8)25)30-13-9(18)3-7(4-10(13)19)12-15(26)20-16(27)24(23-12)17(28)29/h3-6H,1-2H3,(H,22,25)(H,28,29)(H,20,26,27). The number of rotatable bonds is 4. The van der Waals surface area contributed by atoms with Crippen molar-refractivity contribution < 1.29 is 14.6 Å². The van der Waals surface area contributed by atoms with Crippen LogP contribution < -0.4 is 21.5 Å². The van der Waals surface area contributed by atoms with Gasteiger partial charge in [-0.1, -0.05) is 37.0 Å². The van der Waals surface area contributed by atoms with Crippen molar-refractivity contribution in [2.24, 2.45) is 0 Å². The molecule has 3 rings (SSSR count). The number of hydrogen-bond acceptors (Lipinski definition) is 7. The van der Waals surface area contributed by atoms with Crippen LogP contribution in [0.2, 0.25) is 10.0 Å². The molecule has 0 radical (unpaired) electrons. The molecule has 13 heteroatoms. The molecule has 2 aromatic heterocycles. The molecule has 156 valence electrons. The Balaban J connectivity index is 2.06. The zero-order valence-corrected chi connectivity index (χ0v) is 16.9. The number of carboxylic acid groups (broad SMARTS) is 1. The number of hydrogen-bond donors (Lipinski definition) is 3. The predicted octanol–water partition coefficient (Wildman–Crippen LogP) is 2.43. The Labute approximate surface area is 176 Å². The topological polar surface area (TPSA) is 160 Å². The highest BCUT2D eigenvalue weighted by Gasteiger charge is 2.18. The fraction of sp³-hybridized carbons (Fsp3) is 0.176. The molecule has 0 aliphatic carbocycles. The summed E-state index contributed by atoms with van der Waals surface area (Å²) in [4.78, 5) is 48.3. The molecule has 11 nitrogen and oxygen atoms in total. The van der Waals surface area contributed by atoms with Gasteiger partial charge in [-0.2, -0.15) is 5.10 Å². The van der Waals surface area contributed by atoms with Crippen molar-refractivity contribution in [1.82, 2.24) is 25.0 Å². The summed E-state index contributed by atoms with van der Waals surface area (Å²) in [6.45, 7) is 3.65. The number of aromatic nitrogens is 5. The monoisotopic (exact) mass is 453 g/mol. The molecule has 0 aliphatic rings. The van der Waals surface area contributed by atoms with Gasteiger partial charge in [0.05, 0.1) is 10.0 Å². The second kappa shape index (κ2) is 8.13. The van der Waals surface area contributed by atoms with Crippen molar-refractivity contribution in [1.29, 1.82) is 0 Å². The van der Waals surface area contributed by atoms with Crippen LogP contribution in [0.1, 0.15) is 25.3 Å². The zero-order chi connectivity index (χ0) is 22.2. The number of ether oxygens (including phenoxy) is 1. The van der Waals surface area contributed by atoms with Gasteiger partial charge in [-0.05, 0) is 18.1 Å². The summed E-state index contributed by atoms with van der Waals surface area (Å²) in [6.07, 6.45) is -1.68. The quantitative estimate of drug-likeness (QED) is 0.542. The minimum absolute atomic E-state index is 0.0145. The summed E-state index contributed by atoms with van der Waals surface area (Å²) in [5, 5.41) is 18.5. The second-order valence-corrected chi connectivity index (χ2v) is 7.13. The highest BCUT2D eigenvalue weighted by molar-refractivity contribution is 6.37. The van der Waals surface area contributed by atoms with Crippen molar-refractivity contribution in [3.05, 3.63) is 65.0 Å². The molecular weight excluding hydrogens is 441 g/mol. The van der Waals surface area contributed by atoms with Gasteiger partial charge < -0.3 is 9.84 Å². The van der Waals surface area contributed by atoms with Gasteiger partial charge in [-0.15, -0.1) is 9.78 Å². The van der Waals surface area contributed by atoms with Crippen molar-refractivity contribution in [3.8, 4) is 22.9 Å². The lowest BCUT2D eigenvalue weighted by Crippen LogP contribution is -2.36. The number of aromatic amines is 2. The van der Waals surface area contributed by atoms with E-state index in [9.17, 15) is 19.2 Å². The smallest absolute Gasteiger partial charge is 0.436 e. The molecule has 0 amide bonds. The van der Waals surface area contributed by atoms with E-state index in [-0.39, 0.29) is 43.4 Å². The first-order chi connectivity index (χ1) is 14.1. The number of H-pyrrole nitrogens is 2. The van der Waals surface area contributed by atoms with Crippen LogP contribution in [0.4, 0.5) is 4.79 Å². The summed E-state index contributed by atoms with van der Waals surface area (Å²) >= 11 is 12.4. The molecule has 0 spiro atoms. The minimum atomic E-state index is -1.68. The van der Waals surface area contributed by atoms with E-state index in [2.05, 4.69) is 15.3 Å². The van der Waals surface area contributed by atoms with Crippen LogP contribution in [0, 0.1) is 0 Å². The van der Waals surface area contributed by atoms with Gasteiger partial charge in [-0.25, -0.2) is 14.7 Å². The molecule has 1 aromatic carbocycles. The Hall–Kier alpha value is -3.44. The van der Waals surface area contributed by atoms with Crippen LogP contribution in [-0.4, -0.2) is 36.2 Å². The molecule has 0 saturated carbocycles. The third kappa shape index (κ3) is 4.11. The molecule has 0 bridgehead atoms. The van der Waals surface area contributed by atoms with Gasteiger partial charge in [0.25, 0.3) is 11.1 Å². The highest BCUT2D eigenvalue weighted by Crippen LogP contribution is 2.38. The maximum atomic E-state index is 12.1. The average Bonchev–Trinajstić information content (AvgIpc) is 2.65. The SMILES string of the molecule is CC(C)c1cc(Oc2c(Cl)cc(-c3nn(C(=O)O)c(=O)[nH]c3=O)cc2Cl)n[nH]c1=O. The molecule has 0 unspecified atom stereocenters. The highest BCUT2D eigenvalue weighted by atomic mass is 35.5. The van der Waals surface area contributed by atoms with E-state index in [0.717, 1.165) is 0 Å². The van der Waals surface area contributed by atoms with Crippen molar-refractivity contribution in [2.75, 3.05) is 0 Å². The number of carbonyl (C=O) groups is 1. The van der Waals surface area contributed by atoms with Crippen LogP contribution >= 0.6 is 23.2 Å². The number of nitrogens with one attached hydrogen (secondary N) is 2. The van der Waals surface area contributed by atoms with Gasteiger partial charge in [0, 0.05) is 17.2 Å². The van der Waals surface area contributed by atoms with Crippen LogP contribution in [-0.2, 0) is 0 Å². The number of benzene rings is 1. The first kappa shape index (κ1) is 21.3. The van der Waals surface area contributed by atoms with E-state index in [1.54, 1.807) is 0 Å². The van der Waals surface area contributed by atoms with Crippen LogP contribution in [0.25, 0.3) is 11.3 Å². The first-order valence-electron chi connectivity index (χ1n) is 8.32. The molecular formula is C17H13Cl2N5O6. The summed E-state index contributed by atoms with van der Waals surface area (Å²) in [5.74, 6) is -0.0697. The minimum Gasteiger partial charge on any atom is -0.463 e. The summed E-state index contributed by atoms with van der Waals surface area (Å²) < 4.78 is 5.66. The molecule has 3 N–H and O–H groups in total. The van der Waals surface area contributed by atoms with E-state index in [1.807, 2.05) is 18.8 Å². The largest absolute Gasteiger partial charge is 0.463 e. The van der Waals surface area contributed by atoms with Crippen molar-refractivity contribution in [2.45, 2.75) is 19.8 Å². The Morgan fingerprint density at radius 3 is 2.33 bits per heavy atom. The fourth-order valence-corrected chi connectivity index (χ4v) is 3.06. The molecule has 3 aromatic rings. The Morgan fingerprint density at radius 1 is 1.13 bits per heavy atom.